The van der Waals surface area contributed by atoms with Crippen molar-refractivity contribution in [3.8, 4) is 0 Å². The highest BCUT2D eigenvalue weighted by Gasteiger charge is 2.50. The van der Waals surface area contributed by atoms with Crippen molar-refractivity contribution in [2.75, 3.05) is 5.32 Å². The number of aromatic nitrogens is 1. The summed E-state index contributed by atoms with van der Waals surface area (Å²) in [5.41, 5.74) is -1.46. The van der Waals surface area contributed by atoms with Gasteiger partial charge in [-0.3, -0.25) is 0 Å². The Morgan fingerprint density at radius 2 is 2.08 bits per heavy atom. The summed E-state index contributed by atoms with van der Waals surface area (Å²) >= 11 is 0.933. The number of alkyl halides is 3. The van der Waals surface area contributed by atoms with Gasteiger partial charge in [-0.2, -0.15) is 13.2 Å². The third-order valence-corrected chi connectivity index (χ3v) is 5.02. The molecule has 1 aromatic rings. The van der Waals surface area contributed by atoms with E-state index in [1.165, 1.54) is 0 Å². The molecule has 134 valence electrons. The van der Waals surface area contributed by atoms with E-state index in [4.69, 9.17) is 4.74 Å². The molecule has 9 heteroatoms. The largest absolute Gasteiger partial charge is 0.444 e. The maximum absolute atomic E-state index is 12.6. The highest BCUT2D eigenvalue weighted by Crippen LogP contribution is 2.41. The summed E-state index contributed by atoms with van der Waals surface area (Å²) in [5, 5.41) is 4.31. The van der Waals surface area contributed by atoms with Gasteiger partial charge in [0, 0.05) is 11.4 Å². The summed E-state index contributed by atoms with van der Waals surface area (Å²) in [5.74, 6) is 0. The second-order valence-electron chi connectivity index (χ2n) is 7.21. The molecule has 2 aliphatic heterocycles. The summed E-state index contributed by atoms with van der Waals surface area (Å²) in [6, 6.07) is -0.0870. The fourth-order valence-electron chi connectivity index (χ4n) is 3.37. The van der Waals surface area contributed by atoms with Crippen LogP contribution in [0.1, 0.15) is 45.7 Å². The van der Waals surface area contributed by atoms with Gasteiger partial charge in [-0.25, -0.2) is 9.78 Å². The van der Waals surface area contributed by atoms with Gasteiger partial charge in [0.05, 0.1) is 12.1 Å². The first-order valence-corrected chi connectivity index (χ1v) is 8.73. The molecule has 3 rings (SSSR count). The molecule has 24 heavy (non-hydrogen) atoms. The van der Waals surface area contributed by atoms with Crippen molar-refractivity contribution >= 4 is 22.6 Å². The molecule has 0 saturated carbocycles. The lowest BCUT2D eigenvalue weighted by molar-refractivity contribution is -0.140. The van der Waals surface area contributed by atoms with Crippen molar-refractivity contribution in [3.05, 3.63) is 11.1 Å². The zero-order chi connectivity index (χ0) is 17.7. The fraction of sp³-hybridized carbons (Fsp3) is 0.733. The Morgan fingerprint density at radius 3 is 2.67 bits per heavy atom. The van der Waals surface area contributed by atoms with Crippen LogP contribution in [-0.2, 0) is 10.9 Å². The van der Waals surface area contributed by atoms with Gasteiger partial charge in [-0.05, 0) is 40.0 Å². The Hall–Kier alpha value is -1.51. The first-order valence-electron chi connectivity index (χ1n) is 7.85. The third-order valence-electron chi connectivity index (χ3n) is 4.24. The van der Waals surface area contributed by atoms with Gasteiger partial charge in [-0.15, -0.1) is 11.3 Å². The highest BCUT2D eigenvalue weighted by atomic mass is 32.1. The van der Waals surface area contributed by atoms with Crippen molar-refractivity contribution in [2.24, 2.45) is 0 Å². The minimum absolute atomic E-state index is 0.0666. The molecule has 5 nitrogen and oxygen atoms in total. The van der Waals surface area contributed by atoms with Gasteiger partial charge in [0.2, 0.25) is 0 Å². The van der Waals surface area contributed by atoms with E-state index in [9.17, 15) is 18.0 Å². The smallest absolute Gasteiger partial charge is 0.434 e. The van der Waals surface area contributed by atoms with Gasteiger partial charge < -0.3 is 15.0 Å². The van der Waals surface area contributed by atoms with Crippen LogP contribution in [0.5, 0.6) is 0 Å². The Labute approximate surface area is 142 Å². The number of carbonyl (C=O) groups is 1. The SMILES string of the molecule is CC(C)(C)OC(=O)N1C2CCC1C(Nc1nc(C(F)(F)F)cs1)C2. The zero-order valence-corrected chi connectivity index (χ0v) is 14.5. The molecule has 0 aromatic carbocycles. The van der Waals surface area contributed by atoms with E-state index < -0.39 is 17.5 Å². The summed E-state index contributed by atoms with van der Waals surface area (Å²) < 4.78 is 43.4. The van der Waals surface area contributed by atoms with Crippen molar-refractivity contribution in [3.63, 3.8) is 0 Å². The van der Waals surface area contributed by atoms with Crippen LogP contribution in [0, 0.1) is 0 Å². The molecule has 1 amide bonds. The number of halogens is 3. The van der Waals surface area contributed by atoms with Crippen LogP contribution >= 0.6 is 11.3 Å². The molecule has 3 heterocycles. The zero-order valence-electron chi connectivity index (χ0n) is 13.7. The quantitative estimate of drug-likeness (QED) is 0.859. The summed E-state index contributed by atoms with van der Waals surface area (Å²) in [6.45, 7) is 5.44. The number of rotatable bonds is 2. The first kappa shape index (κ1) is 17.3. The van der Waals surface area contributed by atoms with E-state index in [0.717, 1.165) is 29.6 Å². The van der Waals surface area contributed by atoms with E-state index in [0.29, 0.717) is 6.42 Å². The molecule has 1 N–H and O–H groups in total. The van der Waals surface area contributed by atoms with Gasteiger partial charge in [0.15, 0.2) is 10.8 Å². The number of amides is 1. The van der Waals surface area contributed by atoms with Gasteiger partial charge in [-0.1, -0.05) is 0 Å². The van der Waals surface area contributed by atoms with E-state index >= 15 is 0 Å². The van der Waals surface area contributed by atoms with Crippen LogP contribution in [0.4, 0.5) is 23.1 Å². The van der Waals surface area contributed by atoms with Crippen LogP contribution in [0.3, 0.4) is 0 Å². The van der Waals surface area contributed by atoms with Crippen molar-refractivity contribution in [1.29, 1.82) is 0 Å². The van der Waals surface area contributed by atoms with E-state index in [1.807, 2.05) is 20.8 Å². The van der Waals surface area contributed by atoms with Gasteiger partial charge in [0.25, 0.3) is 0 Å². The minimum Gasteiger partial charge on any atom is -0.444 e. The Balaban J connectivity index is 1.67. The Kier molecular flexibility index (Phi) is 4.17. The van der Waals surface area contributed by atoms with E-state index in [1.54, 1.807) is 4.90 Å². The van der Waals surface area contributed by atoms with E-state index in [2.05, 4.69) is 10.3 Å². The normalized spacial score (nSPS) is 26.8. The molecule has 2 saturated heterocycles. The maximum Gasteiger partial charge on any atom is 0.434 e. The first-order chi connectivity index (χ1) is 11.0. The Morgan fingerprint density at radius 1 is 1.38 bits per heavy atom. The number of fused-ring (bicyclic) bond motifs is 2. The Bertz CT molecular complexity index is 626. The van der Waals surface area contributed by atoms with Crippen LogP contribution < -0.4 is 5.32 Å². The summed E-state index contributed by atoms with van der Waals surface area (Å²) in [6.07, 6.45) is -2.37. The van der Waals surface area contributed by atoms with Crippen molar-refractivity contribution < 1.29 is 22.7 Å². The number of hydrogen-bond acceptors (Lipinski definition) is 5. The molecule has 2 aliphatic rings. The number of anilines is 1. The average molecular weight is 363 g/mol. The monoisotopic (exact) mass is 363 g/mol. The summed E-state index contributed by atoms with van der Waals surface area (Å²) in [4.78, 5) is 17.7. The second kappa shape index (κ2) is 5.79. The molecule has 0 spiro atoms. The number of thiazole rings is 1. The van der Waals surface area contributed by atoms with Gasteiger partial charge in [0.1, 0.15) is 5.60 Å². The number of ether oxygens (including phenoxy) is 1. The lowest BCUT2D eigenvalue weighted by Gasteiger charge is -2.28. The van der Waals surface area contributed by atoms with Crippen LogP contribution in [0.25, 0.3) is 0 Å². The second-order valence-corrected chi connectivity index (χ2v) is 8.07. The highest BCUT2D eigenvalue weighted by molar-refractivity contribution is 7.13. The molecule has 0 radical (unpaired) electrons. The molecular formula is C15H20F3N3O2S. The van der Waals surface area contributed by atoms with Crippen LogP contribution in [0.2, 0.25) is 0 Å². The maximum atomic E-state index is 12.6. The standard InChI is InChI=1S/C15H20F3N3O2S/c1-14(2,3)23-13(22)21-8-4-5-10(21)9(6-8)19-12-20-11(7-24-12)15(16,17)18/h7-10H,4-6H2,1-3H3,(H,19,20). The van der Waals surface area contributed by atoms with Crippen molar-refractivity contribution in [2.45, 2.75) is 69.9 Å². The van der Waals surface area contributed by atoms with Gasteiger partial charge >= 0.3 is 12.3 Å². The molecule has 2 fully saturated rings. The topological polar surface area (TPSA) is 54.5 Å². The predicted molar refractivity (Wildman–Crippen MR) is 84.0 cm³/mol. The molecule has 3 unspecified atom stereocenters. The molecule has 3 atom stereocenters. The molecule has 0 aliphatic carbocycles. The van der Waals surface area contributed by atoms with Crippen LogP contribution in [-0.4, -0.2) is 39.7 Å². The molecule has 2 bridgehead atoms. The molecular weight excluding hydrogens is 343 g/mol. The number of hydrogen-bond donors (Lipinski definition) is 1. The van der Waals surface area contributed by atoms with Crippen LogP contribution in [0.15, 0.2) is 5.38 Å². The minimum atomic E-state index is -4.44. The number of nitrogens with one attached hydrogen (secondary N) is 1. The number of nitrogens with zero attached hydrogens (tertiary/aromatic N) is 2. The number of carbonyl (C=O) groups excluding carboxylic acids is 1. The predicted octanol–water partition coefficient (Wildman–Crippen LogP) is 4.11. The lowest BCUT2D eigenvalue weighted by atomic mass is 9.96. The lowest BCUT2D eigenvalue weighted by Crippen LogP contribution is -2.42. The van der Waals surface area contributed by atoms with Crippen molar-refractivity contribution in [1.82, 2.24) is 9.88 Å². The molecule has 1 aromatic heterocycles. The summed E-state index contributed by atoms with van der Waals surface area (Å²) in [7, 11) is 0. The fourth-order valence-corrected chi connectivity index (χ4v) is 4.15. The third kappa shape index (κ3) is 3.45. The van der Waals surface area contributed by atoms with E-state index in [-0.39, 0.29) is 29.4 Å². The average Bonchev–Trinajstić information content (AvgIpc) is 3.08.